The summed E-state index contributed by atoms with van der Waals surface area (Å²) >= 11 is 0. The first-order chi connectivity index (χ1) is 5.64. The Morgan fingerprint density at radius 1 is 1.00 bits per heavy atom. The van der Waals surface area contributed by atoms with E-state index in [0.717, 1.165) is 6.04 Å². The van der Waals surface area contributed by atoms with Crippen LogP contribution in [-0.4, -0.2) is 30.7 Å². The van der Waals surface area contributed by atoms with Gasteiger partial charge in [-0.1, -0.05) is 20.8 Å². The van der Waals surface area contributed by atoms with E-state index in [9.17, 15) is 0 Å². The Labute approximate surface area is 78.4 Å². The van der Waals surface area contributed by atoms with Crippen LogP contribution in [0.25, 0.3) is 0 Å². The van der Waals surface area contributed by atoms with Crippen molar-refractivity contribution in [3.05, 3.63) is 0 Å². The monoisotopic (exact) mass is 172 g/mol. The Morgan fingerprint density at radius 2 is 1.50 bits per heavy atom. The molecule has 1 atom stereocenters. The highest BCUT2D eigenvalue weighted by Gasteiger charge is 2.26. The Balaban J connectivity index is 4.24. The smallest absolute Gasteiger partial charge is 0.0882 e. The molecule has 0 spiro atoms. The fraction of sp³-hybridized carbons (Fsp3) is 1.00. The second-order valence-corrected chi connectivity index (χ2v) is 3.99. The van der Waals surface area contributed by atoms with Crippen LogP contribution < -0.4 is 0 Å². The van der Waals surface area contributed by atoms with Crippen molar-refractivity contribution in [3.63, 3.8) is 0 Å². The normalized spacial score (nSPS) is 16.5. The summed E-state index contributed by atoms with van der Waals surface area (Å²) in [6.45, 7) is 11.8. The minimum atomic E-state index is 0.870. The number of hydrogen-bond donors (Lipinski definition) is 0. The van der Waals surface area contributed by atoms with Gasteiger partial charge in [-0.2, -0.15) is 0 Å². The van der Waals surface area contributed by atoms with Crippen LogP contribution in [0.1, 0.15) is 47.0 Å². The fourth-order valence-electron chi connectivity index (χ4n) is 2.28. The second kappa shape index (κ2) is 5.58. The van der Waals surface area contributed by atoms with Crippen LogP contribution >= 0.6 is 0 Å². The molecule has 0 aliphatic rings. The molecule has 0 rings (SSSR count). The summed E-state index contributed by atoms with van der Waals surface area (Å²) in [5, 5.41) is 0. The first kappa shape index (κ1) is 12.0. The lowest BCUT2D eigenvalue weighted by atomic mass is 10.1. The molecule has 0 amide bonds. The van der Waals surface area contributed by atoms with Crippen molar-refractivity contribution < 1.29 is 4.48 Å². The molecule has 0 aliphatic heterocycles. The van der Waals surface area contributed by atoms with Gasteiger partial charge >= 0.3 is 0 Å². The number of hydrogen-bond acceptors (Lipinski definition) is 0. The molecule has 0 N–H and O–H groups in total. The van der Waals surface area contributed by atoms with Crippen LogP contribution in [0.3, 0.4) is 0 Å². The van der Waals surface area contributed by atoms with Crippen molar-refractivity contribution in [2.45, 2.75) is 53.0 Å². The molecule has 0 aromatic carbocycles. The van der Waals surface area contributed by atoms with Gasteiger partial charge in [0.2, 0.25) is 0 Å². The molecule has 74 valence electrons. The third-order valence-electron chi connectivity index (χ3n) is 3.28. The second-order valence-electron chi connectivity index (χ2n) is 3.99. The minimum absolute atomic E-state index is 0.870. The van der Waals surface area contributed by atoms with E-state index < -0.39 is 0 Å². The molecular weight excluding hydrogens is 146 g/mol. The van der Waals surface area contributed by atoms with Crippen molar-refractivity contribution >= 4 is 0 Å². The summed E-state index contributed by atoms with van der Waals surface area (Å²) in [5.74, 6) is 0. The van der Waals surface area contributed by atoms with Crippen molar-refractivity contribution in [1.29, 1.82) is 0 Å². The number of rotatable bonds is 6. The van der Waals surface area contributed by atoms with Crippen molar-refractivity contribution in [2.75, 3.05) is 20.1 Å². The lowest BCUT2D eigenvalue weighted by molar-refractivity contribution is -0.932. The van der Waals surface area contributed by atoms with Gasteiger partial charge in [0.15, 0.2) is 0 Å². The van der Waals surface area contributed by atoms with E-state index >= 15 is 0 Å². The molecule has 0 aromatic rings. The number of nitrogens with zero attached hydrogens (tertiary/aromatic N) is 1. The molecule has 0 fully saturated rings. The predicted octanol–water partition coefficient (Wildman–Crippen LogP) is 3.05. The SMILES string of the molecule is CCC[N+](C)(CC)C(CC)CC. The molecule has 0 saturated heterocycles. The van der Waals surface area contributed by atoms with Gasteiger partial charge in [-0.25, -0.2) is 0 Å². The van der Waals surface area contributed by atoms with Gasteiger partial charge in [0.1, 0.15) is 0 Å². The molecule has 0 radical (unpaired) electrons. The van der Waals surface area contributed by atoms with E-state index in [4.69, 9.17) is 0 Å². The fourth-order valence-corrected chi connectivity index (χ4v) is 2.28. The summed E-state index contributed by atoms with van der Waals surface area (Å²) in [6.07, 6.45) is 3.95. The van der Waals surface area contributed by atoms with Gasteiger partial charge in [-0.05, 0) is 26.2 Å². The number of quaternary nitrogens is 1. The summed E-state index contributed by atoms with van der Waals surface area (Å²) in [5.41, 5.74) is 0. The Kier molecular flexibility index (Phi) is 5.56. The van der Waals surface area contributed by atoms with Crippen molar-refractivity contribution in [1.82, 2.24) is 0 Å². The lowest BCUT2D eigenvalue weighted by Crippen LogP contribution is -2.52. The molecule has 0 saturated carbocycles. The summed E-state index contributed by atoms with van der Waals surface area (Å²) < 4.78 is 1.27. The van der Waals surface area contributed by atoms with Crippen LogP contribution in [-0.2, 0) is 0 Å². The maximum Gasteiger partial charge on any atom is 0.0882 e. The minimum Gasteiger partial charge on any atom is -0.324 e. The first-order valence-electron chi connectivity index (χ1n) is 5.48. The van der Waals surface area contributed by atoms with Crippen molar-refractivity contribution in [2.24, 2.45) is 0 Å². The average Bonchev–Trinajstić information content (AvgIpc) is 2.07. The highest BCUT2D eigenvalue weighted by molar-refractivity contribution is 4.53. The zero-order valence-electron chi connectivity index (χ0n) is 9.56. The summed E-state index contributed by atoms with van der Waals surface area (Å²) in [4.78, 5) is 0. The van der Waals surface area contributed by atoms with Gasteiger partial charge in [0, 0.05) is 0 Å². The quantitative estimate of drug-likeness (QED) is 0.540. The van der Waals surface area contributed by atoms with Crippen LogP contribution in [0.2, 0.25) is 0 Å². The Bertz CT molecular complexity index is 108. The molecular formula is C11H26N+. The van der Waals surface area contributed by atoms with E-state index in [2.05, 4.69) is 34.7 Å². The summed E-state index contributed by atoms with van der Waals surface area (Å²) in [6, 6.07) is 0.870. The molecule has 0 aliphatic carbocycles. The van der Waals surface area contributed by atoms with Gasteiger partial charge in [-0.15, -0.1) is 0 Å². The van der Waals surface area contributed by atoms with Gasteiger partial charge < -0.3 is 4.48 Å². The maximum atomic E-state index is 2.40. The zero-order valence-corrected chi connectivity index (χ0v) is 9.56. The topological polar surface area (TPSA) is 0 Å². The molecule has 0 heterocycles. The van der Waals surface area contributed by atoms with Crippen LogP contribution in [0.15, 0.2) is 0 Å². The standard InChI is InChI=1S/C11H26N/c1-6-10-12(5,9-4)11(7-2)8-3/h11H,6-10H2,1-5H3/q+1. The third-order valence-corrected chi connectivity index (χ3v) is 3.28. The van der Waals surface area contributed by atoms with Gasteiger partial charge in [0.25, 0.3) is 0 Å². The average molecular weight is 172 g/mol. The highest BCUT2D eigenvalue weighted by Crippen LogP contribution is 2.17. The lowest BCUT2D eigenvalue weighted by Gasteiger charge is -2.40. The van der Waals surface area contributed by atoms with Gasteiger partial charge in [0.05, 0.1) is 26.2 Å². The van der Waals surface area contributed by atoms with Crippen molar-refractivity contribution in [3.8, 4) is 0 Å². The molecule has 12 heavy (non-hydrogen) atoms. The van der Waals surface area contributed by atoms with Crippen LogP contribution in [0, 0.1) is 0 Å². The van der Waals surface area contributed by atoms with E-state index in [1.54, 1.807) is 0 Å². The molecule has 1 unspecified atom stereocenters. The maximum absolute atomic E-state index is 2.40. The van der Waals surface area contributed by atoms with E-state index in [1.165, 1.54) is 36.8 Å². The molecule has 0 aromatic heterocycles. The van der Waals surface area contributed by atoms with Crippen LogP contribution in [0.4, 0.5) is 0 Å². The Morgan fingerprint density at radius 3 is 1.75 bits per heavy atom. The first-order valence-corrected chi connectivity index (χ1v) is 5.48. The Hall–Kier alpha value is -0.0400. The van der Waals surface area contributed by atoms with Crippen LogP contribution in [0.5, 0.6) is 0 Å². The molecule has 1 nitrogen and oxygen atoms in total. The van der Waals surface area contributed by atoms with E-state index in [0.29, 0.717) is 0 Å². The van der Waals surface area contributed by atoms with E-state index in [1.807, 2.05) is 0 Å². The van der Waals surface area contributed by atoms with Gasteiger partial charge in [-0.3, -0.25) is 0 Å². The zero-order chi connectivity index (χ0) is 9.61. The summed E-state index contributed by atoms with van der Waals surface area (Å²) in [7, 11) is 2.40. The molecule has 1 heteroatoms. The highest BCUT2D eigenvalue weighted by atomic mass is 15.3. The largest absolute Gasteiger partial charge is 0.324 e. The predicted molar refractivity (Wildman–Crippen MR) is 56.3 cm³/mol. The van der Waals surface area contributed by atoms with E-state index in [-0.39, 0.29) is 0 Å². The third kappa shape index (κ3) is 2.78. The molecule has 0 bridgehead atoms.